The highest BCUT2D eigenvalue weighted by atomic mass is 32.1. The molecule has 1 amide bonds. The zero-order valence-corrected chi connectivity index (χ0v) is 13.9. The molecule has 0 fully saturated rings. The average molecular weight is 314 g/mol. The fourth-order valence-corrected chi connectivity index (χ4v) is 3.30. The number of benzene rings is 1. The van der Waals surface area contributed by atoms with Crippen LogP contribution in [0.25, 0.3) is 10.2 Å². The van der Waals surface area contributed by atoms with Crippen molar-refractivity contribution in [2.75, 3.05) is 5.32 Å². The second-order valence-corrected chi connectivity index (χ2v) is 6.81. The van der Waals surface area contributed by atoms with Crippen molar-refractivity contribution in [3.63, 3.8) is 0 Å². The van der Waals surface area contributed by atoms with Crippen LogP contribution in [0, 0.1) is 13.8 Å². The molecular weight excluding hydrogens is 296 g/mol. The molecule has 0 aliphatic rings. The number of carbonyl (C=O) groups is 1. The molecule has 3 aromatic rings. The molecule has 1 aromatic carbocycles. The van der Waals surface area contributed by atoms with Crippen molar-refractivity contribution in [2.24, 2.45) is 0 Å². The second-order valence-electron chi connectivity index (χ2n) is 5.58. The molecule has 2 aromatic heterocycles. The minimum Gasteiger partial charge on any atom is -0.321 e. The Morgan fingerprint density at radius 3 is 2.73 bits per heavy atom. The number of aryl methyl sites for hydroxylation is 2. The zero-order valence-electron chi connectivity index (χ0n) is 13.0. The van der Waals surface area contributed by atoms with Crippen LogP contribution >= 0.6 is 11.3 Å². The van der Waals surface area contributed by atoms with Gasteiger partial charge in [0.2, 0.25) is 0 Å². The molecule has 0 saturated carbocycles. The van der Waals surface area contributed by atoms with E-state index >= 15 is 0 Å². The highest BCUT2D eigenvalue weighted by molar-refractivity contribution is 7.18. The molecule has 1 N–H and O–H groups in total. The van der Waals surface area contributed by atoms with Gasteiger partial charge in [0.25, 0.3) is 5.91 Å². The van der Waals surface area contributed by atoms with E-state index in [0.717, 1.165) is 26.6 Å². The van der Waals surface area contributed by atoms with Gasteiger partial charge in [0.05, 0.1) is 15.2 Å². The number of nitrogens with zero attached hydrogens (tertiary/aromatic N) is 3. The van der Waals surface area contributed by atoms with Crippen molar-refractivity contribution < 1.29 is 4.79 Å². The predicted molar refractivity (Wildman–Crippen MR) is 89.7 cm³/mol. The topological polar surface area (TPSA) is 59.8 Å². The van der Waals surface area contributed by atoms with Gasteiger partial charge in [-0.25, -0.2) is 4.98 Å². The molecule has 114 valence electrons. The first-order valence-corrected chi connectivity index (χ1v) is 8.00. The second kappa shape index (κ2) is 5.53. The number of fused-ring (bicyclic) bond motifs is 1. The van der Waals surface area contributed by atoms with E-state index in [0.29, 0.717) is 5.69 Å². The maximum Gasteiger partial charge on any atom is 0.276 e. The van der Waals surface area contributed by atoms with Crippen LogP contribution in [0.1, 0.15) is 41.1 Å². The number of aromatic nitrogens is 3. The Morgan fingerprint density at radius 1 is 1.27 bits per heavy atom. The first kappa shape index (κ1) is 14.7. The molecule has 2 heterocycles. The molecule has 0 spiro atoms. The van der Waals surface area contributed by atoms with Gasteiger partial charge >= 0.3 is 0 Å². The number of hydrogen-bond acceptors (Lipinski definition) is 4. The van der Waals surface area contributed by atoms with Gasteiger partial charge in [-0.15, -0.1) is 11.3 Å². The molecule has 22 heavy (non-hydrogen) atoms. The van der Waals surface area contributed by atoms with Crippen LogP contribution in [-0.4, -0.2) is 20.7 Å². The zero-order chi connectivity index (χ0) is 15.9. The van der Waals surface area contributed by atoms with E-state index < -0.39 is 0 Å². The first-order chi connectivity index (χ1) is 10.4. The summed E-state index contributed by atoms with van der Waals surface area (Å²) in [5.74, 6) is -0.192. The molecule has 0 aliphatic carbocycles. The standard InChI is InChI=1S/C16H18N4OS/c1-9(2)20-10(3)7-14(19-20)16(21)18-12-5-6-13-15(8-12)22-11(4)17-13/h5-9H,1-4H3,(H,18,21). The molecule has 0 saturated heterocycles. The van der Waals surface area contributed by atoms with Crippen LogP contribution < -0.4 is 5.32 Å². The Balaban J connectivity index is 1.84. The monoisotopic (exact) mass is 314 g/mol. The number of rotatable bonds is 3. The van der Waals surface area contributed by atoms with Crippen molar-refractivity contribution in [3.8, 4) is 0 Å². The van der Waals surface area contributed by atoms with Crippen LogP contribution in [0.2, 0.25) is 0 Å². The summed E-state index contributed by atoms with van der Waals surface area (Å²) >= 11 is 1.62. The Kier molecular flexibility index (Phi) is 3.70. The molecule has 0 aliphatic heterocycles. The van der Waals surface area contributed by atoms with E-state index in [4.69, 9.17) is 0 Å². The van der Waals surface area contributed by atoms with Gasteiger partial charge in [-0.1, -0.05) is 0 Å². The summed E-state index contributed by atoms with van der Waals surface area (Å²) in [5.41, 5.74) is 3.14. The van der Waals surface area contributed by atoms with E-state index in [-0.39, 0.29) is 11.9 Å². The molecule has 6 heteroatoms. The van der Waals surface area contributed by atoms with Crippen molar-refractivity contribution in [1.82, 2.24) is 14.8 Å². The fourth-order valence-electron chi connectivity index (χ4n) is 2.43. The summed E-state index contributed by atoms with van der Waals surface area (Å²) in [6.45, 7) is 8.02. The largest absolute Gasteiger partial charge is 0.321 e. The van der Waals surface area contributed by atoms with Crippen molar-refractivity contribution in [3.05, 3.63) is 40.7 Å². The smallest absolute Gasteiger partial charge is 0.276 e. The molecule has 5 nitrogen and oxygen atoms in total. The third-order valence-corrected chi connectivity index (χ3v) is 4.33. The van der Waals surface area contributed by atoms with Gasteiger partial charge in [-0.3, -0.25) is 9.48 Å². The average Bonchev–Trinajstić information content (AvgIpc) is 3.00. The lowest BCUT2D eigenvalue weighted by atomic mass is 10.3. The lowest BCUT2D eigenvalue weighted by molar-refractivity contribution is 0.102. The summed E-state index contributed by atoms with van der Waals surface area (Å²) < 4.78 is 2.92. The van der Waals surface area contributed by atoms with Crippen LogP contribution in [0.3, 0.4) is 0 Å². The summed E-state index contributed by atoms with van der Waals surface area (Å²) in [6.07, 6.45) is 0. The molecule has 0 bridgehead atoms. The quantitative estimate of drug-likeness (QED) is 0.796. The minimum absolute atomic E-state index is 0.192. The molecule has 0 radical (unpaired) electrons. The third kappa shape index (κ3) is 2.74. The molecule has 0 atom stereocenters. The van der Waals surface area contributed by atoms with Gasteiger partial charge in [-0.2, -0.15) is 5.10 Å². The van der Waals surface area contributed by atoms with Crippen LogP contribution in [0.5, 0.6) is 0 Å². The lowest BCUT2D eigenvalue weighted by Gasteiger charge is -2.07. The van der Waals surface area contributed by atoms with Gasteiger partial charge in [0.15, 0.2) is 5.69 Å². The summed E-state index contributed by atoms with van der Waals surface area (Å²) in [5, 5.41) is 8.29. The Hall–Kier alpha value is -2.21. The number of amides is 1. The molecular formula is C16H18N4OS. The van der Waals surface area contributed by atoms with E-state index in [1.165, 1.54) is 0 Å². The number of thiazole rings is 1. The van der Waals surface area contributed by atoms with Gasteiger partial charge < -0.3 is 5.32 Å². The lowest BCUT2D eigenvalue weighted by Crippen LogP contribution is -2.13. The molecule has 3 rings (SSSR count). The van der Waals surface area contributed by atoms with Crippen LogP contribution in [0.4, 0.5) is 5.69 Å². The van der Waals surface area contributed by atoms with Gasteiger partial charge in [-0.05, 0) is 52.0 Å². The predicted octanol–water partition coefficient (Wildman–Crippen LogP) is 3.94. The van der Waals surface area contributed by atoms with Gasteiger partial charge in [0, 0.05) is 17.4 Å². The van der Waals surface area contributed by atoms with E-state index in [1.807, 2.05) is 56.6 Å². The highest BCUT2D eigenvalue weighted by Gasteiger charge is 2.14. The fraction of sp³-hybridized carbons (Fsp3) is 0.312. The highest BCUT2D eigenvalue weighted by Crippen LogP contribution is 2.25. The Labute approximate surface area is 133 Å². The van der Waals surface area contributed by atoms with E-state index in [1.54, 1.807) is 11.3 Å². The SMILES string of the molecule is Cc1nc2ccc(NC(=O)c3cc(C)n(C(C)C)n3)cc2s1. The summed E-state index contributed by atoms with van der Waals surface area (Å²) in [4.78, 5) is 16.8. The first-order valence-electron chi connectivity index (χ1n) is 7.19. The number of hydrogen-bond donors (Lipinski definition) is 1. The minimum atomic E-state index is -0.192. The summed E-state index contributed by atoms with van der Waals surface area (Å²) in [6, 6.07) is 7.78. The normalized spacial score (nSPS) is 11.3. The Bertz CT molecular complexity index is 847. The number of nitrogens with one attached hydrogen (secondary N) is 1. The summed E-state index contributed by atoms with van der Waals surface area (Å²) in [7, 11) is 0. The maximum atomic E-state index is 12.3. The molecule has 0 unspecified atom stereocenters. The van der Waals surface area contributed by atoms with Crippen LogP contribution in [0.15, 0.2) is 24.3 Å². The number of carbonyl (C=O) groups excluding carboxylic acids is 1. The van der Waals surface area contributed by atoms with E-state index in [2.05, 4.69) is 15.4 Å². The van der Waals surface area contributed by atoms with Crippen molar-refractivity contribution >= 4 is 33.1 Å². The van der Waals surface area contributed by atoms with Gasteiger partial charge in [0.1, 0.15) is 0 Å². The number of anilines is 1. The van der Waals surface area contributed by atoms with E-state index in [9.17, 15) is 4.79 Å². The third-order valence-electron chi connectivity index (χ3n) is 3.40. The van der Waals surface area contributed by atoms with Crippen LogP contribution in [-0.2, 0) is 0 Å². The Morgan fingerprint density at radius 2 is 2.05 bits per heavy atom. The maximum absolute atomic E-state index is 12.3. The van der Waals surface area contributed by atoms with Crippen molar-refractivity contribution in [1.29, 1.82) is 0 Å². The van der Waals surface area contributed by atoms with Crippen molar-refractivity contribution in [2.45, 2.75) is 33.7 Å².